The molecule has 12 heavy (non-hydrogen) atoms. The van der Waals surface area contributed by atoms with Crippen LogP contribution in [-0.2, 0) is 0 Å². The van der Waals surface area contributed by atoms with Gasteiger partial charge in [-0.15, -0.1) is 0 Å². The van der Waals surface area contributed by atoms with Gasteiger partial charge in [-0.3, -0.25) is 4.90 Å². The summed E-state index contributed by atoms with van der Waals surface area (Å²) in [4.78, 5) is 2.62. The molecular weight excluding hydrogens is 148 g/mol. The number of hydrogen-bond donors (Lipinski definition) is 1. The summed E-state index contributed by atoms with van der Waals surface area (Å²) in [5.74, 6) is 1.01. The maximum absolute atomic E-state index is 3.67. The van der Waals surface area contributed by atoms with Crippen LogP contribution >= 0.6 is 0 Å². The number of nitrogens with zero attached hydrogens (tertiary/aromatic N) is 1. The molecule has 3 aliphatic rings. The Morgan fingerprint density at radius 3 is 3.08 bits per heavy atom. The Kier molecular flexibility index (Phi) is 1.50. The van der Waals surface area contributed by atoms with Crippen molar-refractivity contribution in [1.82, 2.24) is 10.2 Å². The van der Waals surface area contributed by atoms with Gasteiger partial charge in [0, 0.05) is 18.1 Å². The molecule has 0 aromatic carbocycles. The molecule has 0 saturated carbocycles. The second-order valence-electron chi connectivity index (χ2n) is 4.73. The van der Waals surface area contributed by atoms with E-state index in [-0.39, 0.29) is 0 Å². The summed E-state index contributed by atoms with van der Waals surface area (Å²) in [7, 11) is 2.32. The van der Waals surface area contributed by atoms with E-state index in [9.17, 15) is 0 Å². The van der Waals surface area contributed by atoms with Crippen molar-refractivity contribution in [3.63, 3.8) is 0 Å². The maximum atomic E-state index is 3.67. The molecule has 0 aromatic rings. The first-order valence-electron chi connectivity index (χ1n) is 5.31. The highest BCUT2D eigenvalue weighted by Crippen LogP contribution is 2.40. The lowest BCUT2D eigenvalue weighted by Gasteiger charge is -2.39. The molecule has 4 atom stereocenters. The zero-order valence-electron chi connectivity index (χ0n) is 7.79. The minimum absolute atomic E-state index is 0.841. The fourth-order valence-electron chi connectivity index (χ4n) is 3.60. The molecule has 0 radical (unpaired) electrons. The summed E-state index contributed by atoms with van der Waals surface area (Å²) >= 11 is 0. The fourth-order valence-corrected chi connectivity index (χ4v) is 3.60. The Bertz CT molecular complexity index is 192. The predicted molar refractivity (Wildman–Crippen MR) is 49.1 cm³/mol. The molecule has 3 aliphatic heterocycles. The second kappa shape index (κ2) is 2.46. The number of fused-ring (bicyclic) bond motifs is 4. The quantitative estimate of drug-likeness (QED) is 0.573. The van der Waals surface area contributed by atoms with Crippen LogP contribution in [0.1, 0.15) is 25.7 Å². The van der Waals surface area contributed by atoms with Crippen LogP contribution in [0.2, 0.25) is 0 Å². The van der Waals surface area contributed by atoms with Crippen LogP contribution in [-0.4, -0.2) is 36.6 Å². The van der Waals surface area contributed by atoms with Crippen LogP contribution in [0.5, 0.6) is 0 Å². The Morgan fingerprint density at radius 1 is 1.25 bits per heavy atom. The summed E-state index contributed by atoms with van der Waals surface area (Å²) in [5, 5.41) is 3.67. The number of piperidine rings is 1. The third kappa shape index (κ3) is 0.826. The summed E-state index contributed by atoms with van der Waals surface area (Å²) < 4.78 is 0. The first-order chi connectivity index (χ1) is 5.86. The molecule has 68 valence electrons. The van der Waals surface area contributed by atoms with Crippen LogP contribution in [0.4, 0.5) is 0 Å². The molecule has 0 aliphatic carbocycles. The van der Waals surface area contributed by atoms with Crippen molar-refractivity contribution < 1.29 is 0 Å². The number of nitrogens with one attached hydrogen (secondary N) is 1. The fraction of sp³-hybridized carbons (Fsp3) is 1.00. The normalized spacial score (nSPS) is 52.8. The molecule has 2 heteroatoms. The first kappa shape index (κ1) is 7.34. The molecule has 2 bridgehead atoms. The molecule has 0 aromatic heterocycles. The van der Waals surface area contributed by atoms with Gasteiger partial charge in [0.2, 0.25) is 0 Å². The Morgan fingerprint density at radius 2 is 2.17 bits per heavy atom. The smallest absolute Gasteiger partial charge is 0.0252 e. The molecule has 0 amide bonds. The predicted octanol–water partition coefficient (Wildman–Crippen LogP) is 0.831. The summed E-state index contributed by atoms with van der Waals surface area (Å²) in [6, 6.07) is 2.64. The van der Waals surface area contributed by atoms with Gasteiger partial charge in [0.25, 0.3) is 0 Å². The molecule has 3 saturated heterocycles. The lowest BCUT2D eigenvalue weighted by molar-refractivity contribution is 0.115. The van der Waals surface area contributed by atoms with Gasteiger partial charge in [0.05, 0.1) is 0 Å². The van der Waals surface area contributed by atoms with Crippen molar-refractivity contribution in [2.75, 3.05) is 13.6 Å². The van der Waals surface area contributed by atoms with E-state index in [0.29, 0.717) is 0 Å². The molecule has 0 spiro atoms. The van der Waals surface area contributed by atoms with Gasteiger partial charge in [-0.05, 0) is 45.2 Å². The standard InChI is InChI=1S/C10H18N2/c1-12-8-2-3-9(12)10-7(6-8)4-5-11-10/h7-11H,2-6H2,1H3. The number of likely N-dealkylation sites (N-methyl/N-ethyl adjacent to an activating group) is 1. The largest absolute Gasteiger partial charge is 0.312 e. The number of hydrogen-bond acceptors (Lipinski definition) is 2. The zero-order chi connectivity index (χ0) is 8.13. The Hall–Kier alpha value is -0.0800. The lowest BCUT2D eigenvalue weighted by atomic mass is 9.87. The molecular formula is C10H18N2. The second-order valence-corrected chi connectivity index (χ2v) is 4.73. The first-order valence-corrected chi connectivity index (χ1v) is 5.31. The van der Waals surface area contributed by atoms with Gasteiger partial charge in [0.1, 0.15) is 0 Å². The molecule has 3 heterocycles. The van der Waals surface area contributed by atoms with Gasteiger partial charge < -0.3 is 5.32 Å². The van der Waals surface area contributed by atoms with Crippen LogP contribution in [0.15, 0.2) is 0 Å². The van der Waals surface area contributed by atoms with Gasteiger partial charge >= 0.3 is 0 Å². The molecule has 1 N–H and O–H groups in total. The SMILES string of the molecule is CN1C2CCC1C1NCCC1C2. The highest BCUT2D eigenvalue weighted by atomic mass is 15.2. The Labute approximate surface area is 74.3 Å². The van der Waals surface area contributed by atoms with E-state index in [1.807, 2.05) is 0 Å². The van der Waals surface area contributed by atoms with Gasteiger partial charge in [-0.1, -0.05) is 0 Å². The van der Waals surface area contributed by atoms with Gasteiger partial charge in [-0.25, -0.2) is 0 Å². The Balaban J connectivity index is 1.88. The highest BCUT2D eigenvalue weighted by molar-refractivity contribution is 5.04. The van der Waals surface area contributed by atoms with E-state index in [1.165, 1.54) is 32.2 Å². The average Bonchev–Trinajstić information content (AvgIpc) is 2.59. The van der Waals surface area contributed by atoms with Crippen LogP contribution in [0.25, 0.3) is 0 Å². The summed E-state index contributed by atoms with van der Waals surface area (Å²) in [6.07, 6.45) is 5.79. The van der Waals surface area contributed by atoms with Crippen LogP contribution < -0.4 is 5.32 Å². The van der Waals surface area contributed by atoms with Gasteiger partial charge in [-0.2, -0.15) is 0 Å². The van der Waals surface area contributed by atoms with Gasteiger partial charge in [0.15, 0.2) is 0 Å². The van der Waals surface area contributed by atoms with E-state index < -0.39 is 0 Å². The number of rotatable bonds is 0. The van der Waals surface area contributed by atoms with Crippen molar-refractivity contribution in [1.29, 1.82) is 0 Å². The van der Waals surface area contributed by atoms with E-state index >= 15 is 0 Å². The van der Waals surface area contributed by atoms with Crippen molar-refractivity contribution in [3.8, 4) is 0 Å². The maximum Gasteiger partial charge on any atom is 0.0252 e. The van der Waals surface area contributed by atoms with Crippen LogP contribution in [0, 0.1) is 5.92 Å². The average molecular weight is 166 g/mol. The summed E-state index contributed by atoms with van der Waals surface area (Å²) in [6.45, 7) is 1.27. The lowest BCUT2D eigenvalue weighted by Crippen LogP contribution is -2.52. The van der Waals surface area contributed by atoms with Crippen molar-refractivity contribution in [2.45, 2.75) is 43.8 Å². The zero-order valence-corrected chi connectivity index (χ0v) is 7.79. The van der Waals surface area contributed by atoms with E-state index in [1.54, 1.807) is 0 Å². The highest BCUT2D eigenvalue weighted by Gasteiger charge is 2.46. The van der Waals surface area contributed by atoms with Crippen molar-refractivity contribution >= 4 is 0 Å². The third-order valence-electron chi connectivity index (χ3n) is 4.29. The van der Waals surface area contributed by atoms with Crippen molar-refractivity contribution in [3.05, 3.63) is 0 Å². The monoisotopic (exact) mass is 166 g/mol. The third-order valence-corrected chi connectivity index (χ3v) is 4.29. The molecule has 2 nitrogen and oxygen atoms in total. The summed E-state index contributed by atoms with van der Waals surface area (Å²) in [5.41, 5.74) is 0. The molecule has 4 unspecified atom stereocenters. The van der Waals surface area contributed by atoms with E-state index in [4.69, 9.17) is 0 Å². The topological polar surface area (TPSA) is 15.3 Å². The van der Waals surface area contributed by atoms with Crippen LogP contribution in [0.3, 0.4) is 0 Å². The minimum Gasteiger partial charge on any atom is -0.312 e. The molecule has 3 fully saturated rings. The minimum atomic E-state index is 0.841. The van der Waals surface area contributed by atoms with Crippen molar-refractivity contribution in [2.24, 2.45) is 5.92 Å². The molecule has 3 rings (SSSR count). The van der Waals surface area contributed by atoms with E-state index in [2.05, 4.69) is 17.3 Å². The van der Waals surface area contributed by atoms with E-state index in [0.717, 1.165) is 24.0 Å².